The number of esters is 1. The van der Waals surface area contributed by atoms with Crippen LogP contribution in [0, 0.1) is 35.0 Å². The van der Waals surface area contributed by atoms with Crippen molar-refractivity contribution >= 4 is 23.7 Å². The molecule has 3 saturated carbocycles. The number of carboxylic acid groups (broad SMARTS) is 2. The summed E-state index contributed by atoms with van der Waals surface area (Å²) in [6, 6.07) is 16.8. The lowest BCUT2D eigenvalue weighted by atomic mass is 9.56. The van der Waals surface area contributed by atoms with Crippen LogP contribution in [-0.4, -0.2) is 55.5 Å². The summed E-state index contributed by atoms with van der Waals surface area (Å²) >= 11 is 0. The third-order valence-electron chi connectivity index (χ3n) is 13.8. The molecule has 2 unspecified atom stereocenters. The molecular formula is C48H64O9. The number of carbonyl (C=O) groups is 4. The zero-order chi connectivity index (χ0) is 41.2. The summed E-state index contributed by atoms with van der Waals surface area (Å²) in [7, 11) is 0. The highest BCUT2D eigenvalue weighted by molar-refractivity contribution is 5.90. The minimum atomic E-state index is -3.62. The third-order valence-corrected chi connectivity index (χ3v) is 13.8. The minimum absolute atomic E-state index is 0.0174. The van der Waals surface area contributed by atoms with Crippen LogP contribution in [0.3, 0.4) is 0 Å². The number of hydrogen-bond donors (Lipinski definition) is 4. The number of hydrogen-bond acceptors (Lipinski definition) is 7. The number of aryl methyl sites for hydroxylation is 1. The van der Waals surface area contributed by atoms with Gasteiger partial charge in [-0.2, -0.15) is 0 Å². The fourth-order valence-electron chi connectivity index (χ4n) is 10.4. The highest BCUT2D eigenvalue weighted by Gasteiger charge is 2.60. The predicted molar refractivity (Wildman–Crippen MR) is 219 cm³/mol. The van der Waals surface area contributed by atoms with E-state index >= 15 is 0 Å². The zero-order valence-electron chi connectivity index (χ0n) is 34.1. The largest absolute Gasteiger partial charge is 0.481 e. The monoisotopic (exact) mass is 784 g/mol. The molecule has 2 aromatic carbocycles. The van der Waals surface area contributed by atoms with Gasteiger partial charge in [0.25, 0.3) is 0 Å². The molecule has 3 fully saturated rings. The first-order valence-electron chi connectivity index (χ1n) is 21.3. The third kappa shape index (κ3) is 10.3. The van der Waals surface area contributed by atoms with Crippen LogP contribution in [0.4, 0.5) is 0 Å². The van der Waals surface area contributed by atoms with Gasteiger partial charge in [0.1, 0.15) is 5.78 Å². The van der Waals surface area contributed by atoms with Gasteiger partial charge in [-0.1, -0.05) is 106 Å². The summed E-state index contributed by atoms with van der Waals surface area (Å²) in [4.78, 5) is 48.9. The topological polar surface area (TPSA) is 158 Å². The summed E-state index contributed by atoms with van der Waals surface area (Å²) in [5, 5.41) is 40.2. The Hall–Kier alpha value is -4.08. The molecule has 4 aliphatic carbocycles. The predicted octanol–water partition coefficient (Wildman–Crippen LogP) is 9.46. The molecule has 0 spiro atoms. The molecule has 9 nitrogen and oxygen atoms in total. The van der Waals surface area contributed by atoms with Gasteiger partial charge in [0.15, 0.2) is 5.60 Å². The second-order valence-corrected chi connectivity index (χ2v) is 17.5. The van der Waals surface area contributed by atoms with Crippen molar-refractivity contribution in [2.45, 2.75) is 141 Å². The number of carbonyl (C=O) groups excluding carboxylic acids is 2. The van der Waals surface area contributed by atoms with E-state index in [1.54, 1.807) is 29.3 Å². The Kier molecular flexibility index (Phi) is 15.1. The molecule has 4 N–H and O–H groups in total. The summed E-state index contributed by atoms with van der Waals surface area (Å²) in [6.45, 7) is 5.71. The summed E-state index contributed by atoms with van der Waals surface area (Å²) in [6.07, 6.45) is 23.4. The van der Waals surface area contributed by atoms with E-state index in [1.165, 1.54) is 75.7 Å². The van der Waals surface area contributed by atoms with E-state index < -0.39 is 41.6 Å². The van der Waals surface area contributed by atoms with E-state index in [0.717, 1.165) is 50.4 Å². The number of aliphatic hydroxyl groups is 2. The number of unbranched alkanes of at least 4 members (excludes halogenated alkanes) is 4. The lowest BCUT2D eigenvalue weighted by molar-refractivity contribution is -0.275. The Morgan fingerprint density at radius 2 is 1.65 bits per heavy atom. The molecule has 0 saturated heterocycles. The molecule has 310 valence electrons. The van der Waals surface area contributed by atoms with Gasteiger partial charge < -0.3 is 25.2 Å². The molecule has 2 aromatic rings. The van der Waals surface area contributed by atoms with Gasteiger partial charge in [-0.05, 0) is 123 Å². The van der Waals surface area contributed by atoms with Crippen LogP contribution in [0.2, 0.25) is 0 Å². The number of ether oxygens (including phenoxy) is 1. The lowest BCUT2D eigenvalue weighted by Crippen LogP contribution is -2.63. The molecule has 0 bridgehead atoms. The van der Waals surface area contributed by atoms with Crippen molar-refractivity contribution in [3.63, 3.8) is 0 Å². The van der Waals surface area contributed by atoms with Gasteiger partial charge in [-0.3, -0.25) is 9.59 Å². The second-order valence-electron chi connectivity index (χ2n) is 17.5. The lowest BCUT2D eigenvalue weighted by Gasteiger charge is -2.49. The molecule has 9 heteroatoms. The fourth-order valence-corrected chi connectivity index (χ4v) is 10.4. The molecule has 57 heavy (non-hydrogen) atoms. The van der Waals surface area contributed by atoms with E-state index in [2.05, 4.69) is 50.3 Å². The summed E-state index contributed by atoms with van der Waals surface area (Å²) < 4.78 is 5.36. The Balaban J connectivity index is 0.000000281. The molecule has 0 heterocycles. The van der Waals surface area contributed by atoms with Crippen molar-refractivity contribution in [1.29, 1.82) is 0 Å². The van der Waals surface area contributed by atoms with Crippen molar-refractivity contribution in [2.24, 2.45) is 35.0 Å². The Morgan fingerprint density at radius 1 is 0.912 bits per heavy atom. The molecule has 0 aromatic heterocycles. The quantitative estimate of drug-likeness (QED) is 0.0563. The molecule has 4 aliphatic rings. The van der Waals surface area contributed by atoms with Gasteiger partial charge in [-0.25, -0.2) is 9.59 Å². The van der Waals surface area contributed by atoms with Gasteiger partial charge in [0.2, 0.25) is 0 Å². The van der Waals surface area contributed by atoms with Gasteiger partial charge in [0, 0.05) is 18.3 Å². The number of aliphatic carboxylic acids is 2. The fraction of sp³-hybridized carbons (Fsp3) is 0.583. The van der Waals surface area contributed by atoms with Crippen LogP contribution in [-0.2, 0) is 25.5 Å². The smallest absolute Gasteiger partial charge is 0.368 e. The van der Waals surface area contributed by atoms with Crippen LogP contribution in [0.15, 0.2) is 78.9 Å². The van der Waals surface area contributed by atoms with Gasteiger partial charge >= 0.3 is 23.7 Å². The molecule has 6 rings (SSSR count). The zero-order valence-corrected chi connectivity index (χ0v) is 34.1. The van der Waals surface area contributed by atoms with Crippen LogP contribution in [0.1, 0.15) is 144 Å². The van der Waals surface area contributed by atoms with Gasteiger partial charge in [0.05, 0.1) is 12.0 Å². The number of allylic oxidation sites excluding steroid dienone is 3. The Bertz CT molecular complexity index is 1750. The normalized spacial score (nSPS) is 27.1. The van der Waals surface area contributed by atoms with Crippen LogP contribution >= 0.6 is 0 Å². The average Bonchev–Trinajstić information content (AvgIpc) is 3.77. The van der Waals surface area contributed by atoms with Crippen molar-refractivity contribution in [3.8, 4) is 0 Å². The van der Waals surface area contributed by atoms with E-state index in [0.29, 0.717) is 18.3 Å². The van der Waals surface area contributed by atoms with Crippen molar-refractivity contribution in [1.82, 2.24) is 0 Å². The van der Waals surface area contributed by atoms with Crippen LogP contribution < -0.4 is 0 Å². The standard InChI is InChI=1S/C30H40O9.C18H24/c1-3-4-5-6-7-9-13-21-18-19-25(31)24(21)17-12-16-23(20-26(32)33)29(2,30(37,38)28(35)36)39-27(34)22-14-10-8-11-15-22;1-18-11-4-7-17(18)16-9-8-13-5-2-3-6-14(13)15(16)10-12-18/h8-16,21,23-24,37-38H,3-7,17-20H2,1-2H3,(H,32,33)(H,35,36);2-3,5-6,15-17H,4,7-12H2,1H3/b13-9+,16-12-;/t21-,23?,24+,29?;15-,16-,17+,18+/m01/s1. The molecule has 0 aliphatic heterocycles. The first kappa shape index (κ1) is 44.0. The first-order valence-corrected chi connectivity index (χ1v) is 21.3. The molecule has 8 atom stereocenters. The first-order chi connectivity index (χ1) is 27.2. The van der Waals surface area contributed by atoms with E-state index in [-0.39, 0.29) is 29.6 Å². The number of rotatable bonds is 16. The number of carboxylic acids is 2. The highest BCUT2D eigenvalue weighted by atomic mass is 16.6. The maximum atomic E-state index is 12.8. The van der Waals surface area contributed by atoms with E-state index in [9.17, 15) is 39.6 Å². The number of benzene rings is 2. The molecular weight excluding hydrogens is 721 g/mol. The number of ketones is 1. The van der Waals surface area contributed by atoms with Crippen molar-refractivity contribution in [2.75, 3.05) is 0 Å². The highest BCUT2D eigenvalue weighted by Crippen LogP contribution is 2.60. The van der Waals surface area contributed by atoms with Gasteiger partial charge in [-0.15, -0.1) is 0 Å². The number of Topliss-reactive ketones (excluding diaryl/α,β-unsaturated/α-hetero) is 1. The summed E-state index contributed by atoms with van der Waals surface area (Å²) in [5.74, 6) is -6.88. The summed E-state index contributed by atoms with van der Waals surface area (Å²) in [5.41, 5.74) is 1.50. The Morgan fingerprint density at radius 3 is 2.37 bits per heavy atom. The molecule has 0 radical (unpaired) electrons. The second kappa shape index (κ2) is 19.6. The van der Waals surface area contributed by atoms with Crippen LogP contribution in [0.25, 0.3) is 0 Å². The maximum absolute atomic E-state index is 12.8. The molecule has 0 amide bonds. The van der Waals surface area contributed by atoms with Crippen LogP contribution in [0.5, 0.6) is 0 Å². The van der Waals surface area contributed by atoms with Crippen molar-refractivity contribution < 1.29 is 44.3 Å². The van der Waals surface area contributed by atoms with E-state index in [4.69, 9.17) is 4.74 Å². The number of fused-ring (bicyclic) bond motifs is 5. The Labute approximate surface area is 338 Å². The SMILES string of the molecule is CCCCCC/C=C/[C@H]1CCC(=O)[C@@H]1C/C=C\C(CC(=O)O)C(C)(OC(=O)c1ccccc1)C(O)(O)C(=O)O.C[C@@]12CCC[C@H]1[C@@H]1CCc3ccccc3[C@H]1CC2. The van der Waals surface area contributed by atoms with E-state index in [1.807, 2.05) is 0 Å². The average molecular weight is 785 g/mol. The minimum Gasteiger partial charge on any atom is -0.481 e. The maximum Gasteiger partial charge on any atom is 0.368 e. The van der Waals surface area contributed by atoms with Crippen molar-refractivity contribution in [3.05, 3.63) is 95.6 Å².